The Morgan fingerprint density at radius 3 is 2.79 bits per heavy atom. The van der Waals surface area contributed by atoms with Crippen molar-refractivity contribution >= 4 is 21.8 Å². The highest BCUT2D eigenvalue weighted by Gasteiger charge is 2.16. The molecule has 0 saturated heterocycles. The normalized spacial score (nSPS) is 11.9. The Hall–Kier alpha value is -1.75. The van der Waals surface area contributed by atoms with Crippen LogP contribution in [0.4, 0.5) is 4.39 Å². The van der Waals surface area contributed by atoms with Gasteiger partial charge in [-0.05, 0) is 47.1 Å². The second-order valence-corrected chi connectivity index (χ2v) is 4.84. The molecule has 1 atom stereocenters. The Kier molecular flexibility index (Phi) is 4.27. The molecule has 1 unspecified atom stereocenters. The van der Waals surface area contributed by atoms with Crippen LogP contribution in [0.5, 0.6) is 0 Å². The number of carbonyl (C=O) groups excluding carboxylic acids is 1. The molecule has 5 heteroatoms. The number of pyridine rings is 1. The molecule has 1 aromatic carbocycles. The van der Waals surface area contributed by atoms with Crippen molar-refractivity contribution in [1.29, 1.82) is 0 Å². The van der Waals surface area contributed by atoms with Gasteiger partial charge in [0.25, 0.3) is 5.91 Å². The van der Waals surface area contributed by atoms with Gasteiger partial charge >= 0.3 is 0 Å². The van der Waals surface area contributed by atoms with Crippen molar-refractivity contribution < 1.29 is 9.18 Å². The summed E-state index contributed by atoms with van der Waals surface area (Å²) in [5, 5.41) is 2.78. The van der Waals surface area contributed by atoms with Gasteiger partial charge in [-0.25, -0.2) is 4.39 Å². The minimum atomic E-state index is -0.460. The maximum absolute atomic E-state index is 13.4. The second-order valence-electron chi connectivity index (χ2n) is 4.05. The predicted molar refractivity (Wildman–Crippen MR) is 74.2 cm³/mol. The fraction of sp³-hybridized carbons (Fsp3) is 0.143. The minimum absolute atomic E-state index is 0.167. The molecule has 0 aliphatic heterocycles. The Balaban J connectivity index is 2.16. The summed E-state index contributed by atoms with van der Waals surface area (Å²) in [6, 6.07) is 9.59. The molecule has 1 heterocycles. The van der Waals surface area contributed by atoms with E-state index in [4.69, 9.17) is 0 Å². The van der Waals surface area contributed by atoms with Gasteiger partial charge in [-0.1, -0.05) is 12.1 Å². The van der Waals surface area contributed by atoms with Crippen molar-refractivity contribution in [2.24, 2.45) is 0 Å². The zero-order valence-electron chi connectivity index (χ0n) is 10.2. The zero-order valence-corrected chi connectivity index (χ0v) is 11.8. The number of hydrogen-bond donors (Lipinski definition) is 1. The average molecular weight is 323 g/mol. The Morgan fingerprint density at radius 1 is 1.32 bits per heavy atom. The van der Waals surface area contributed by atoms with Crippen LogP contribution in [-0.2, 0) is 0 Å². The quantitative estimate of drug-likeness (QED) is 0.940. The van der Waals surface area contributed by atoms with Gasteiger partial charge in [0.1, 0.15) is 5.82 Å². The lowest BCUT2D eigenvalue weighted by molar-refractivity contribution is 0.0938. The van der Waals surface area contributed by atoms with Crippen LogP contribution in [-0.4, -0.2) is 10.9 Å². The molecule has 2 aromatic rings. The molecule has 98 valence electrons. The highest BCUT2D eigenvalue weighted by molar-refractivity contribution is 9.10. The molecule has 0 spiro atoms. The topological polar surface area (TPSA) is 42.0 Å². The molecule has 0 aliphatic rings. The SMILES string of the molecule is CC(NC(=O)c1cccc(F)c1Br)c1ccccn1. The molecule has 19 heavy (non-hydrogen) atoms. The molecule has 1 amide bonds. The number of benzene rings is 1. The maximum atomic E-state index is 13.4. The smallest absolute Gasteiger partial charge is 0.253 e. The second kappa shape index (κ2) is 5.93. The summed E-state index contributed by atoms with van der Waals surface area (Å²) in [4.78, 5) is 16.2. The maximum Gasteiger partial charge on any atom is 0.253 e. The van der Waals surface area contributed by atoms with Crippen LogP contribution in [0, 0.1) is 5.82 Å². The molecule has 2 rings (SSSR count). The van der Waals surface area contributed by atoms with Crippen molar-refractivity contribution in [3.8, 4) is 0 Å². The fourth-order valence-electron chi connectivity index (χ4n) is 1.66. The van der Waals surface area contributed by atoms with Crippen LogP contribution in [0.15, 0.2) is 47.1 Å². The first-order valence-corrected chi connectivity index (χ1v) is 6.54. The molecule has 1 aromatic heterocycles. The number of halogens is 2. The highest BCUT2D eigenvalue weighted by atomic mass is 79.9. The van der Waals surface area contributed by atoms with E-state index in [9.17, 15) is 9.18 Å². The number of amides is 1. The Bertz CT molecular complexity index is 589. The highest BCUT2D eigenvalue weighted by Crippen LogP contribution is 2.21. The summed E-state index contributed by atoms with van der Waals surface area (Å²) >= 11 is 3.08. The van der Waals surface area contributed by atoms with Crippen molar-refractivity contribution in [3.63, 3.8) is 0 Å². The summed E-state index contributed by atoms with van der Waals surface area (Å²) in [6.45, 7) is 1.83. The van der Waals surface area contributed by atoms with E-state index >= 15 is 0 Å². The summed E-state index contributed by atoms with van der Waals surface area (Å²) < 4.78 is 13.5. The van der Waals surface area contributed by atoms with Crippen LogP contribution in [0.3, 0.4) is 0 Å². The van der Waals surface area contributed by atoms with Gasteiger partial charge in [0.2, 0.25) is 0 Å². The number of aromatic nitrogens is 1. The van der Waals surface area contributed by atoms with Crippen molar-refractivity contribution in [2.75, 3.05) is 0 Å². The molecule has 0 radical (unpaired) electrons. The molecular weight excluding hydrogens is 311 g/mol. The van der Waals surface area contributed by atoms with Crippen molar-refractivity contribution in [2.45, 2.75) is 13.0 Å². The van der Waals surface area contributed by atoms with E-state index < -0.39 is 5.82 Å². The molecular formula is C14H12BrFN2O. The largest absolute Gasteiger partial charge is 0.344 e. The van der Waals surface area contributed by atoms with E-state index in [-0.39, 0.29) is 22.0 Å². The summed E-state index contributed by atoms with van der Waals surface area (Å²) in [5.74, 6) is -0.803. The van der Waals surface area contributed by atoms with Gasteiger partial charge in [-0.3, -0.25) is 9.78 Å². The van der Waals surface area contributed by atoms with Crippen LogP contribution in [0.1, 0.15) is 29.0 Å². The zero-order chi connectivity index (χ0) is 13.8. The number of hydrogen-bond acceptors (Lipinski definition) is 2. The lowest BCUT2D eigenvalue weighted by atomic mass is 10.1. The average Bonchev–Trinajstić information content (AvgIpc) is 2.42. The van der Waals surface area contributed by atoms with E-state index in [2.05, 4.69) is 26.2 Å². The first-order valence-electron chi connectivity index (χ1n) is 5.75. The van der Waals surface area contributed by atoms with Gasteiger partial charge in [0.05, 0.1) is 21.8 Å². The van der Waals surface area contributed by atoms with E-state index in [0.29, 0.717) is 0 Å². The molecule has 1 N–H and O–H groups in total. The van der Waals surface area contributed by atoms with Gasteiger partial charge < -0.3 is 5.32 Å². The molecule has 3 nitrogen and oxygen atoms in total. The summed E-state index contributed by atoms with van der Waals surface area (Å²) in [6.07, 6.45) is 1.66. The Labute approximate surface area is 119 Å². The number of rotatable bonds is 3. The van der Waals surface area contributed by atoms with E-state index in [1.165, 1.54) is 12.1 Å². The van der Waals surface area contributed by atoms with E-state index in [0.717, 1.165) is 5.69 Å². The summed E-state index contributed by atoms with van der Waals surface area (Å²) in [7, 11) is 0. The van der Waals surface area contributed by atoms with Gasteiger partial charge in [-0.15, -0.1) is 0 Å². The first kappa shape index (κ1) is 13.7. The monoisotopic (exact) mass is 322 g/mol. The molecule has 0 aliphatic carbocycles. The predicted octanol–water partition coefficient (Wildman–Crippen LogP) is 3.47. The third-order valence-electron chi connectivity index (χ3n) is 2.68. The third kappa shape index (κ3) is 3.17. The van der Waals surface area contributed by atoms with E-state index in [1.807, 2.05) is 19.1 Å². The fourth-order valence-corrected chi connectivity index (χ4v) is 2.10. The first-order chi connectivity index (χ1) is 9.09. The van der Waals surface area contributed by atoms with Crippen LogP contribution in [0.25, 0.3) is 0 Å². The third-order valence-corrected chi connectivity index (χ3v) is 3.48. The summed E-state index contributed by atoms with van der Waals surface area (Å²) in [5.41, 5.74) is 1.02. The van der Waals surface area contributed by atoms with Gasteiger partial charge in [0.15, 0.2) is 0 Å². The van der Waals surface area contributed by atoms with Crippen LogP contribution in [0.2, 0.25) is 0 Å². The minimum Gasteiger partial charge on any atom is -0.344 e. The molecule has 0 bridgehead atoms. The van der Waals surface area contributed by atoms with Gasteiger partial charge in [0, 0.05) is 6.20 Å². The van der Waals surface area contributed by atoms with E-state index in [1.54, 1.807) is 18.3 Å². The lowest BCUT2D eigenvalue weighted by Crippen LogP contribution is -2.27. The number of carbonyl (C=O) groups is 1. The number of nitrogens with zero attached hydrogens (tertiary/aromatic N) is 1. The van der Waals surface area contributed by atoms with Crippen molar-refractivity contribution in [1.82, 2.24) is 10.3 Å². The molecule has 0 fully saturated rings. The molecule has 0 saturated carbocycles. The van der Waals surface area contributed by atoms with Crippen molar-refractivity contribution in [3.05, 3.63) is 64.1 Å². The van der Waals surface area contributed by atoms with Crippen LogP contribution >= 0.6 is 15.9 Å². The Morgan fingerprint density at radius 2 is 2.11 bits per heavy atom. The lowest BCUT2D eigenvalue weighted by Gasteiger charge is -2.14. The van der Waals surface area contributed by atoms with Crippen LogP contribution < -0.4 is 5.32 Å². The van der Waals surface area contributed by atoms with Gasteiger partial charge in [-0.2, -0.15) is 0 Å². The number of nitrogens with one attached hydrogen (secondary N) is 1. The standard InChI is InChI=1S/C14H12BrFN2O/c1-9(12-7-2-3-8-17-12)18-14(19)10-5-4-6-11(16)13(10)15/h2-9H,1H3,(H,18,19).